The molecule has 0 aliphatic carbocycles. The lowest BCUT2D eigenvalue weighted by atomic mass is 10.1. The fourth-order valence-electron chi connectivity index (χ4n) is 3.03. The first-order valence-corrected chi connectivity index (χ1v) is 9.77. The highest BCUT2D eigenvalue weighted by Gasteiger charge is 2.23. The zero-order chi connectivity index (χ0) is 22.5. The van der Waals surface area contributed by atoms with Gasteiger partial charge in [0.1, 0.15) is 12.2 Å². The summed E-state index contributed by atoms with van der Waals surface area (Å²) < 4.78 is 11.1. The minimum Gasteiger partial charge on any atom is -0.454 e. The Morgan fingerprint density at radius 1 is 0.613 bits per heavy atom. The molecule has 0 heterocycles. The number of esters is 2. The van der Waals surface area contributed by atoms with Crippen molar-refractivity contribution in [3.63, 3.8) is 0 Å². The standard InChI is InChI=1S/C24H25N3O4/c1-14(16-3-7-18(25)8-4-16)30-23(28)21-12-11-20(27)13-22(21)24(29)31-15(2)17-5-9-19(26)10-6-17/h3-15H,25-27H2,1-2H3. The van der Waals surface area contributed by atoms with Crippen molar-refractivity contribution in [3.05, 3.63) is 89.0 Å². The first-order chi connectivity index (χ1) is 14.7. The SMILES string of the molecule is CC(OC(=O)c1ccc(N)cc1C(=O)OC(C)c1ccc(N)cc1)c1ccc(N)cc1. The second-order valence-electron chi connectivity index (χ2n) is 7.23. The molecule has 0 radical (unpaired) electrons. The summed E-state index contributed by atoms with van der Waals surface area (Å²) in [4.78, 5) is 25.7. The van der Waals surface area contributed by atoms with Gasteiger partial charge in [0, 0.05) is 17.1 Å². The summed E-state index contributed by atoms with van der Waals surface area (Å²) in [6, 6.07) is 18.4. The number of ether oxygens (including phenoxy) is 2. The van der Waals surface area contributed by atoms with Crippen LogP contribution in [0, 0.1) is 0 Å². The van der Waals surface area contributed by atoms with E-state index in [0.29, 0.717) is 17.1 Å². The van der Waals surface area contributed by atoms with Gasteiger partial charge in [-0.05, 0) is 67.4 Å². The third kappa shape index (κ3) is 5.33. The Morgan fingerprint density at radius 3 is 1.45 bits per heavy atom. The van der Waals surface area contributed by atoms with Gasteiger partial charge in [-0.2, -0.15) is 0 Å². The highest BCUT2D eigenvalue weighted by Crippen LogP contribution is 2.25. The number of anilines is 3. The van der Waals surface area contributed by atoms with Crippen LogP contribution in [0.1, 0.15) is 57.9 Å². The van der Waals surface area contributed by atoms with Crippen molar-refractivity contribution < 1.29 is 19.1 Å². The maximum Gasteiger partial charge on any atom is 0.339 e. The van der Waals surface area contributed by atoms with E-state index in [0.717, 1.165) is 11.1 Å². The molecule has 0 fully saturated rings. The molecule has 2 unspecified atom stereocenters. The predicted molar refractivity (Wildman–Crippen MR) is 120 cm³/mol. The van der Waals surface area contributed by atoms with Gasteiger partial charge in [0.05, 0.1) is 11.1 Å². The molecule has 0 aliphatic rings. The number of rotatable bonds is 6. The quantitative estimate of drug-likeness (QED) is 0.402. The Bertz CT molecular complexity index is 1080. The smallest absolute Gasteiger partial charge is 0.339 e. The second-order valence-corrected chi connectivity index (χ2v) is 7.23. The minimum absolute atomic E-state index is 0.0387. The van der Waals surface area contributed by atoms with Crippen molar-refractivity contribution in [2.75, 3.05) is 17.2 Å². The third-order valence-electron chi connectivity index (χ3n) is 4.86. The molecule has 0 bridgehead atoms. The van der Waals surface area contributed by atoms with E-state index in [2.05, 4.69) is 0 Å². The molecule has 7 heteroatoms. The monoisotopic (exact) mass is 419 g/mol. The maximum absolute atomic E-state index is 12.8. The number of carbonyl (C=O) groups excluding carboxylic acids is 2. The number of benzene rings is 3. The molecule has 0 saturated heterocycles. The van der Waals surface area contributed by atoms with Gasteiger partial charge in [0.15, 0.2) is 0 Å². The molecule has 0 spiro atoms. The number of nitrogen functional groups attached to an aromatic ring is 3. The van der Waals surface area contributed by atoms with Crippen LogP contribution >= 0.6 is 0 Å². The molecular formula is C24H25N3O4. The first kappa shape index (κ1) is 21.7. The summed E-state index contributed by atoms with van der Waals surface area (Å²) in [5.41, 5.74) is 20.5. The zero-order valence-corrected chi connectivity index (χ0v) is 17.4. The summed E-state index contributed by atoms with van der Waals surface area (Å²) in [6.07, 6.45) is -1.09. The van der Waals surface area contributed by atoms with E-state index in [-0.39, 0.29) is 11.1 Å². The lowest BCUT2D eigenvalue weighted by Crippen LogP contribution is -2.17. The molecule has 7 nitrogen and oxygen atoms in total. The van der Waals surface area contributed by atoms with Gasteiger partial charge in [-0.3, -0.25) is 0 Å². The molecule has 3 rings (SSSR count). The number of nitrogens with two attached hydrogens (primary N) is 3. The van der Waals surface area contributed by atoms with Crippen molar-refractivity contribution in [2.45, 2.75) is 26.1 Å². The van der Waals surface area contributed by atoms with Crippen LogP contribution in [-0.2, 0) is 9.47 Å². The van der Waals surface area contributed by atoms with E-state index in [4.69, 9.17) is 26.7 Å². The van der Waals surface area contributed by atoms with Crippen LogP contribution in [-0.4, -0.2) is 11.9 Å². The van der Waals surface area contributed by atoms with Crippen molar-refractivity contribution in [1.29, 1.82) is 0 Å². The molecule has 0 aromatic heterocycles. The van der Waals surface area contributed by atoms with Crippen LogP contribution in [0.3, 0.4) is 0 Å². The molecule has 0 amide bonds. The lowest BCUT2D eigenvalue weighted by Gasteiger charge is -2.17. The van der Waals surface area contributed by atoms with Gasteiger partial charge in [-0.15, -0.1) is 0 Å². The summed E-state index contributed by atoms with van der Waals surface area (Å²) >= 11 is 0. The van der Waals surface area contributed by atoms with Gasteiger partial charge >= 0.3 is 11.9 Å². The lowest BCUT2D eigenvalue weighted by molar-refractivity contribution is 0.0289. The molecule has 6 N–H and O–H groups in total. The van der Waals surface area contributed by atoms with Gasteiger partial charge in [-0.25, -0.2) is 9.59 Å². The molecule has 160 valence electrons. The largest absolute Gasteiger partial charge is 0.454 e. The first-order valence-electron chi connectivity index (χ1n) is 9.77. The van der Waals surface area contributed by atoms with Crippen molar-refractivity contribution in [1.82, 2.24) is 0 Å². The van der Waals surface area contributed by atoms with Crippen molar-refractivity contribution >= 4 is 29.0 Å². The molecular weight excluding hydrogens is 394 g/mol. The van der Waals surface area contributed by atoms with Crippen LogP contribution in [0.4, 0.5) is 17.1 Å². The van der Waals surface area contributed by atoms with E-state index in [1.807, 2.05) is 0 Å². The van der Waals surface area contributed by atoms with Crippen LogP contribution < -0.4 is 17.2 Å². The number of carbonyl (C=O) groups is 2. The third-order valence-corrected chi connectivity index (χ3v) is 4.86. The Morgan fingerprint density at radius 2 is 1.00 bits per heavy atom. The highest BCUT2D eigenvalue weighted by molar-refractivity contribution is 6.04. The Labute approximate surface area is 180 Å². The fourth-order valence-corrected chi connectivity index (χ4v) is 3.03. The average molecular weight is 419 g/mol. The Kier molecular flexibility index (Phi) is 6.45. The van der Waals surface area contributed by atoms with Crippen molar-refractivity contribution in [2.24, 2.45) is 0 Å². The molecule has 3 aromatic carbocycles. The van der Waals surface area contributed by atoms with Gasteiger partial charge in [0.2, 0.25) is 0 Å². The summed E-state index contributed by atoms with van der Waals surface area (Å²) in [5.74, 6) is -1.33. The van der Waals surface area contributed by atoms with Crippen molar-refractivity contribution in [3.8, 4) is 0 Å². The Balaban J connectivity index is 1.79. The molecule has 2 atom stereocenters. The molecule has 31 heavy (non-hydrogen) atoms. The van der Waals surface area contributed by atoms with Gasteiger partial charge in [-0.1, -0.05) is 24.3 Å². The average Bonchev–Trinajstić information content (AvgIpc) is 2.74. The van der Waals surface area contributed by atoms with Gasteiger partial charge < -0.3 is 26.7 Å². The number of hydrogen-bond acceptors (Lipinski definition) is 7. The van der Waals surface area contributed by atoms with E-state index < -0.39 is 24.1 Å². The zero-order valence-electron chi connectivity index (χ0n) is 17.4. The maximum atomic E-state index is 12.8. The Hall–Kier alpha value is -4.00. The fraction of sp³-hybridized carbons (Fsp3) is 0.167. The highest BCUT2D eigenvalue weighted by atomic mass is 16.5. The number of hydrogen-bond donors (Lipinski definition) is 3. The summed E-state index contributed by atoms with van der Waals surface area (Å²) in [6.45, 7) is 3.47. The minimum atomic E-state index is -0.677. The van der Waals surface area contributed by atoms with Crippen LogP contribution in [0.25, 0.3) is 0 Å². The molecule has 0 saturated carbocycles. The molecule has 0 aliphatic heterocycles. The molecule has 3 aromatic rings. The summed E-state index contributed by atoms with van der Waals surface area (Å²) in [5, 5.41) is 0. The van der Waals surface area contributed by atoms with Gasteiger partial charge in [0.25, 0.3) is 0 Å². The van der Waals surface area contributed by atoms with E-state index in [9.17, 15) is 9.59 Å². The summed E-state index contributed by atoms with van der Waals surface area (Å²) in [7, 11) is 0. The van der Waals surface area contributed by atoms with E-state index >= 15 is 0 Å². The van der Waals surface area contributed by atoms with E-state index in [1.165, 1.54) is 18.2 Å². The predicted octanol–water partition coefficient (Wildman–Crippen LogP) is 4.27. The van der Waals surface area contributed by atoms with E-state index in [1.54, 1.807) is 62.4 Å². The van der Waals surface area contributed by atoms with Crippen LogP contribution in [0.5, 0.6) is 0 Å². The second kappa shape index (κ2) is 9.21. The van der Waals surface area contributed by atoms with Crippen LogP contribution in [0.2, 0.25) is 0 Å². The topological polar surface area (TPSA) is 131 Å². The van der Waals surface area contributed by atoms with Crippen LogP contribution in [0.15, 0.2) is 66.7 Å². The normalized spacial score (nSPS) is 12.6.